The van der Waals surface area contributed by atoms with E-state index in [1.54, 1.807) is 17.5 Å². The van der Waals surface area contributed by atoms with Crippen molar-refractivity contribution in [3.63, 3.8) is 0 Å². The molecule has 0 atom stereocenters. The molecule has 26 heavy (non-hydrogen) atoms. The van der Waals surface area contributed by atoms with Gasteiger partial charge in [0.05, 0.1) is 12.8 Å². The van der Waals surface area contributed by atoms with Crippen molar-refractivity contribution in [2.75, 3.05) is 19.0 Å². The highest BCUT2D eigenvalue weighted by atomic mass is 35.5. The lowest BCUT2D eigenvalue weighted by molar-refractivity contribution is -0.116. The van der Waals surface area contributed by atoms with Crippen LogP contribution in [0.15, 0.2) is 17.5 Å². The lowest BCUT2D eigenvalue weighted by Crippen LogP contribution is -2.28. The van der Waals surface area contributed by atoms with E-state index >= 15 is 0 Å². The van der Waals surface area contributed by atoms with Crippen molar-refractivity contribution in [1.29, 1.82) is 0 Å². The highest BCUT2D eigenvalue weighted by Crippen LogP contribution is 2.30. The summed E-state index contributed by atoms with van der Waals surface area (Å²) in [7, 11) is 1.50. The lowest BCUT2D eigenvalue weighted by Gasteiger charge is -2.12. The number of aryl methyl sites for hydroxylation is 1. The average molecular weight is 419 g/mol. The number of nitrogens with one attached hydrogen (secondary N) is 2. The van der Waals surface area contributed by atoms with Gasteiger partial charge in [-0.05, 0) is 18.6 Å². The maximum Gasteiger partial charge on any atom is 0.270 e. The minimum Gasteiger partial charge on any atom is -0.495 e. The first-order valence-corrected chi connectivity index (χ1v) is 8.77. The predicted molar refractivity (Wildman–Crippen MR) is 106 cm³/mol. The van der Waals surface area contributed by atoms with E-state index < -0.39 is 0 Å². The summed E-state index contributed by atoms with van der Waals surface area (Å²) in [4.78, 5) is 28.1. The van der Waals surface area contributed by atoms with Gasteiger partial charge in [0, 0.05) is 36.0 Å². The van der Waals surface area contributed by atoms with Gasteiger partial charge in [-0.1, -0.05) is 11.6 Å². The molecule has 142 valence electrons. The van der Waals surface area contributed by atoms with Crippen LogP contribution in [0, 0.1) is 6.92 Å². The third-order valence-electron chi connectivity index (χ3n) is 3.35. The third kappa shape index (κ3) is 5.84. The largest absolute Gasteiger partial charge is 0.495 e. The van der Waals surface area contributed by atoms with Crippen LogP contribution in [-0.4, -0.2) is 30.5 Å². The number of nitrogens with two attached hydrogens (primary N) is 1. The van der Waals surface area contributed by atoms with Gasteiger partial charge in [0.1, 0.15) is 16.5 Å². The van der Waals surface area contributed by atoms with Crippen LogP contribution in [0.5, 0.6) is 5.75 Å². The van der Waals surface area contributed by atoms with Gasteiger partial charge >= 0.3 is 0 Å². The molecule has 0 aliphatic heterocycles. The number of hydrogen-bond donors (Lipinski definition) is 3. The molecule has 2 rings (SSSR count). The summed E-state index contributed by atoms with van der Waals surface area (Å²) in [5, 5.41) is 8.29. The number of aromatic nitrogens is 1. The summed E-state index contributed by atoms with van der Waals surface area (Å²) in [6, 6.07) is 3.38. The SMILES string of the molecule is COc1cc(Cl)c(C)cc1NC(=O)CCNC(=O)c1csc(CN)n1.Cl. The molecule has 0 bridgehead atoms. The van der Waals surface area contributed by atoms with Crippen LogP contribution < -0.4 is 21.1 Å². The molecule has 0 aliphatic rings. The van der Waals surface area contributed by atoms with E-state index in [9.17, 15) is 9.59 Å². The Hall–Kier alpha value is -1.87. The topological polar surface area (TPSA) is 106 Å². The van der Waals surface area contributed by atoms with Crippen molar-refractivity contribution < 1.29 is 14.3 Å². The monoisotopic (exact) mass is 418 g/mol. The molecule has 0 radical (unpaired) electrons. The Labute approximate surface area is 166 Å². The van der Waals surface area contributed by atoms with Crippen molar-refractivity contribution in [3.8, 4) is 5.75 Å². The van der Waals surface area contributed by atoms with E-state index in [4.69, 9.17) is 22.1 Å². The first kappa shape index (κ1) is 22.2. The Balaban J connectivity index is 0.00000338. The minimum absolute atomic E-state index is 0. The summed E-state index contributed by atoms with van der Waals surface area (Å²) < 4.78 is 5.21. The predicted octanol–water partition coefficient (Wildman–Crippen LogP) is 2.75. The first-order chi connectivity index (χ1) is 11.9. The summed E-state index contributed by atoms with van der Waals surface area (Å²) in [5.41, 5.74) is 7.13. The Morgan fingerprint density at radius 1 is 1.38 bits per heavy atom. The number of hydrogen-bond acceptors (Lipinski definition) is 6. The molecule has 0 saturated carbocycles. The normalized spacial score (nSPS) is 10.0. The van der Waals surface area contributed by atoms with E-state index in [0.29, 0.717) is 33.7 Å². The molecule has 1 aromatic heterocycles. The summed E-state index contributed by atoms with van der Waals surface area (Å²) in [6.07, 6.45) is 0.116. The molecule has 1 aromatic carbocycles. The molecule has 10 heteroatoms. The zero-order valence-corrected chi connectivity index (χ0v) is 16.7. The molecule has 1 heterocycles. The maximum absolute atomic E-state index is 12.1. The van der Waals surface area contributed by atoms with Crippen LogP contribution in [0.25, 0.3) is 0 Å². The van der Waals surface area contributed by atoms with Crippen molar-refractivity contribution >= 4 is 52.8 Å². The van der Waals surface area contributed by atoms with Crippen LogP contribution >= 0.6 is 35.3 Å². The summed E-state index contributed by atoms with van der Waals surface area (Å²) in [5.74, 6) is -0.102. The number of anilines is 1. The molecule has 2 aromatic rings. The Bertz CT molecular complexity index is 783. The number of rotatable bonds is 7. The second-order valence-electron chi connectivity index (χ2n) is 5.19. The number of amides is 2. The number of benzene rings is 1. The van der Waals surface area contributed by atoms with Crippen LogP contribution in [-0.2, 0) is 11.3 Å². The van der Waals surface area contributed by atoms with Gasteiger partial charge in [-0.25, -0.2) is 4.98 Å². The summed E-state index contributed by atoms with van der Waals surface area (Å²) >= 11 is 7.36. The van der Waals surface area contributed by atoms with Gasteiger partial charge in [-0.2, -0.15) is 0 Å². The van der Waals surface area contributed by atoms with Gasteiger partial charge in [-0.15, -0.1) is 23.7 Å². The number of halogens is 2. The number of ether oxygens (including phenoxy) is 1. The van der Waals surface area contributed by atoms with E-state index in [-0.39, 0.29) is 37.2 Å². The van der Waals surface area contributed by atoms with Gasteiger partial charge in [-0.3, -0.25) is 9.59 Å². The Kier molecular flexibility index (Phi) is 8.80. The van der Waals surface area contributed by atoms with Crippen molar-refractivity contribution in [2.24, 2.45) is 5.73 Å². The Morgan fingerprint density at radius 3 is 2.73 bits per heavy atom. The zero-order chi connectivity index (χ0) is 18.4. The van der Waals surface area contributed by atoms with E-state index in [1.165, 1.54) is 18.4 Å². The third-order valence-corrected chi connectivity index (χ3v) is 4.63. The van der Waals surface area contributed by atoms with Crippen LogP contribution in [0.3, 0.4) is 0 Å². The fraction of sp³-hybridized carbons (Fsp3) is 0.312. The molecular formula is C16H20Cl2N4O3S. The molecule has 4 N–H and O–H groups in total. The second-order valence-corrected chi connectivity index (χ2v) is 6.54. The number of carbonyl (C=O) groups excluding carboxylic acids is 2. The van der Waals surface area contributed by atoms with Gasteiger partial charge in [0.15, 0.2) is 0 Å². The fourth-order valence-electron chi connectivity index (χ4n) is 2.03. The van der Waals surface area contributed by atoms with Crippen molar-refractivity contribution in [2.45, 2.75) is 19.9 Å². The molecule has 7 nitrogen and oxygen atoms in total. The zero-order valence-electron chi connectivity index (χ0n) is 14.3. The van der Waals surface area contributed by atoms with Gasteiger partial charge in [0.25, 0.3) is 5.91 Å². The first-order valence-electron chi connectivity index (χ1n) is 7.51. The second kappa shape index (κ2) is 10.3. The lowest BCUT2D eigenvalue weighted by atomic mass is 10.2. The fourth-order valence-corrected chi connectivity index (χ4v) is 2.84. The number of nitrogens with zero attached hydrogens (tertiary/aromatic N) is 1. The number of thiazole rings is 1. The molecule has 2 amide bonds. The molecule has 0 saturated heterocycles. The average Bonchev–Trinajstić information content (AvgIpc) is 3.07. The van der Waals surface area contributed by atoms with Crippen molar-refractivity contribution in [1.82, 2.24) is 10.3 Å². The number of methoxy groups -OCH3 is 1. The molecule has 0 spiro atoms. The quantitative estimate of drug-likeness (QED) is 0.640. The Morgan fingerprint density at radius 2 is 2.12 bits per heavy atom. The highest BCUT2D eigenvalue weighted by Gasteiger charge is 2.12. The van der Waals surface area contributed by atoms with Crippen LogP contribution in [0.4, 0.5) is 5.69 Å². The van der Waals surface area contributed by atoms with Gasteiger partial charge in [0.2, 0.25) is 5.91 Å². The molecule has 0 unspecified atom stereocenters. The van der Waals surface area contributed by atoms with Gasteiger partial charge < -0.3 is 21.1 Å². The van der Waals surface area contributed by atoms with E-state index in [2.05, 4.69) is 15.6 Å². The van der Waals surface area contributed by atoms with E-state index in [0.717, 1.165) is 5.56 Å². The smallest absolute Gasteiger partial charge is 0.270 e. The van der Waals surface area contributed by atoms with Crippen LogP contribution in [0.2, 0.25) is 5.02 Å². The van der Waals surface area contributed by atoms with Crippen molar-refractivity contribution in [3.05, 3.63) is 38.8 Å². The number of carbonyl (C=O) groups is 2. The molecular weight excluding hydrogens is 399 g/mol. The molecule has 0 aliphatic carbocycles. The van der Waals surface area contributed by atoms with E-state index in [1.807, 2.05) is 6.92 Å². The minimum atomic E-state index is -0.330. The van der Waals surface area contributed by atoms with Crippen LogP contribution in [0.1, 0.15) is 27.5 Å². The highest BCUT2D eigenvalue weighted by molar-refractivity contribution is 7.09. The maximum atomic E-state index is 12.1. The molecule has 0 fully saturated rings. The standard InChI is InChI=1S/C16H19ClN4O3S.ClH/c1-9-5-11(13(24-2)6-10(9)17)20-14(22)3-4-19-16(23)12-8-25-15(7-18)21-12;/h5-6,8H,3-4,7,18H2,1-2H3,(H,19,23)(H,20,22);1H. The summed E-state index contributed by atoms with van der Waals surface area (Å²) in [6.45, 7) is 2.32.